The number of hydrogen-bond acceptors (Lipinski definition) is 4. The minimum absolute atomic E-state index is 0.0738. The summed E-state index contributed by atoms with van der Waals surface area (Å²) >= 11 is 19.9. The number of amides is 1. The molecule has 3 rings (SSSR count). The number of thiocarbonyl (C=S) groups is 1. The topological polar surface area (TPSA) is 29.5 Å². The molecule has 0 bridgehead atoms. The van der Waals surface area contributed by atoms with E-state index in [0.29, 0.717) is 33.1 Å². The molecule has 0 aliphatic carbocycles. The Morgan fingerprint density at radius 1 is 1.26 bits per heavy atom. The molecule has 2 aromatic carbocycles. The van der Waals surface area contributed by atoms with Gasteiger partial charge in [-0.2, -0.15) is 0 Å². The normalized spacial score (nSPS) is 15.7. The van der Waals surface area contributed by atoms with E-state index in [1.54, 1.807) is 17.0 Å². The van der Waals surface area contributed by atoms with Crippen LogP contribution >= 0.6 is 67.4 Å². The van der Waals surface area contributed by atoms with Crippen molar-refractivity contribution in [1.82, 2.24) is 4.90 Å². The number of halogens is 3. The highest BCUT2D eigenvalue weighted by atomic mass is 79.9. The molecule has 2 aromatic rings. The first-order valence-corrected chi connectivity index (χ1v) is 11.2. The van der Waals surface area contributed by atoms with Crippen molar-refractivity contribution in [2.75, 3.05) is 6.54 Å². The summed E-state index contributed by atoms with van der Waals surface area (Å²) < 4.78 is 8.20. The molecule has 0 unspecified atom stereocenters. The predicted molar refractivity (Wildman–Crippen MR) is 123 cm³/mol. The van der Waals surface area contributed by atoms with Crippen LogP contribution in [0.5, 0.6) is 5.75 Å². The van der Waals surface area contributed by atoms with Gasteiger partial charge in [-0.15, -0.1) is 0 Å². The van der Waals surface area contributed by atoms with Crippen LogP contribution in [0.4, 0.5) is 0 Å². The number of thioether (sulfide) groups is 1. The summed E-state index contributed by atoms with van der Waals surface area (Å²) in [6.07, 6.45) is 1.80. The van der Waals surface area contributed by atoms with Crippen molar-refractivity contribution in [2.24, 2.45) is 0 Å². The number of carbonyl (C=O) groups excluding carboxylic acids is 1. The molecule has 1 fully saturated rings. The van der Waals surface area contributed by atoms with Crippen LogP contribution < -0.4 is 4.74 Å². The fraction of sp³-hybridized carbons (Fsp3) is 0.158. The molecule has 0 aromatic heterocycles. The molecular weight excluding hydrogens is 534 g/mol. The van der Waals surface area contributed by atoms with Crippen molar-refractivity contribution >= 4 is 83.7 Å². The van der Waals surface area contributed by atoms with Gasteiger partial charge in [0.2, 0.25) is 0 Å². The zero-order valence-corrected chi connectivity index (χ0v) is 19.7. The van der Waals surface area contributed by atoms with Crippen LogP contribution in [-0.4, -0.2) is 21.7 Å². The molecule has 1 amide bonds. The summed E-state index contributed by atoms with van der Waals surface area (Å²) in [5.74, 6) is 0.494. The van der Waals surface area contributed by atoms with Crippen LogP contribution in [-0.2, 0) is 11.4 Å². The smallest absolute Gasteiger partial charge is 0.266 e. The second-order valence-corrected chi connectivity index (χ2v) is 9.51. The van der Waals surface area contributed by atoms with Gasteiger partial charge in [-0.05, 0) is 64.3 Å². The van der Waals surface area contributed by atoms with Crippen molar-refractivity contribution < 1.29 is 9.53 Å². The Labute approximate surface area is 189 Å². The predicted octanol–water partition coefficient (Wildman–Crippen LogP) is 6.67. The van der Waals surface area contributed by atoms with Gasteiger partial charge in [0.15, 0.2) is 5.75 Å². The van der Waals surface area contributed by atoms with Crippen molar-refractivity contribution in [3.63, 3.8) is 0 Å². The Hall–Kier alpha value is -0.860. The zero-order valence-electron chi connectivity index (χ0n) is 14.2. The molecule has 0 N–H and O–H groups in total. The van der Waals surface area contributed by atoms with Crippen molar-refractivity contribution in [1.29, 1.82) is 0 Å². The van der Waals surface area contributed by atoms with E-state index in [4.69, 9.17) is 28.6 Å². The van der Waals surface area contributed by atoms with Gasteiger partial charge in [0.05, 0.1) is 14.4 Å². The first-order chi connectivity index (χ1) is 12.9. The van der Waals surface area contributed by atoms with Gasteiger partial charge in [-0.3, -0.25) is 9.69 Å². The lowest BCUT2D eigenvalue weighted by molar-refractivity contribution is -0.121. The third-order valence-electron chi connectivity index (χ3n) is 3.80. The van der Waals surface area contributed by atoms with E-state index < -0.39 is 0 Å². The minimum Gasteiger partial charge on any atom is -0.486 e. The fourth-order valence-corrected chi connectivity index (χ4v) is 5.10. The first kappa shape index (κ1) is 20.9. The maximum Gasteiger partial charge on any atom is 0.266 e. The Morgan fingerprint density at radius 3 is 2.56 bits per heavy atom. The second kappa shape index (κ2) is 9.09. The summed E-state index contributed by atoms with van der Waals surface area (Å²) in [5, 5.41) is 0.471. The molecule has 27 heavy (non-hydrogen) atoms. The minimum atomic E-state index is -0.0738. The monoisotopic (exact) mass is 545 g/mol. The van der Waals surface area contributed by atoms with E-state index in [0.717, 1.165) is 20.1 Å². The average molecular weight is 548 g/mol. The largest absolute Gasteiger partial charge is 0.486 e. The van der Waals surface area contributed by atoms with E-state index in [1.165, 1.54) is 11.8 Å². The molecule has 0 atom stereocenters. The Kier molecular flexibility index (Phi) is 7.03. The number of hydrogen-bond donors (Lipinski definition) is 0. The molecule has 140 valence electrons. The van der Waals surface area contributed by atoms with Crippen LogP contribution in [0.25, 0.3) is 6.08 Å². The summed E-state index contributed by atoms with van der Waals surface area (Å²) in [7, 11) is 0. The van der Waals surface area contributed by atoms with Crippen molar-refractivity contribution in [2.45, 2.75) is 13.5 Å². The van der Waals surface area contributed by atoms with Gasteiger partial charge in [-0.1, -0.05) is 63.6 Å². The van der Waals surface area contributed by atoms with Gasteiger partial charge in [0.1, 0.15) is 10.9 Å². The molecule has 1 aliphatic rings. The lowest BCUT2D eigenvalue weighted by Crippen LogP contribution is -2.27. The fourth-order valence-electron chi connectivity index (χ4n) is 2.46. The van der Waals surface area contributed by atoms with Crippen LogP contribution in [0, 0.1) is 0 Å². The first-order valence-electron chi connectivity index (χ1n) is 8.00. The SMILES string of the molecule is CCN1C(=O)/C(=C/c2cc(Cl)c(OCc3ccc(Br)cc3)c(Br)c2)SC1=S. The molecule has 1 saturated heterocycles. The van der Waals surface area contributed by atoms with Gasteiger partial charge in [0.25, 0.3) is 5.91 Å². The van der Waals surface area contributed by atoms with E-state index in [9.17, 15) is 4.79 Å². The zero-order chi connectivity index (χ0) is 19.6. The average Bonchev–Trinajstić information content (AvgIpc) is 2.88. The third kappa shape index (κ3) is 4.95. The second-order valence-electron chi connectivity index (χ2n) is 5.65. The third-order valence-corrected chi connectivity index (χ3v) is 6.58. The van der Waals surface area contributed by atoms with Gasteiger partial charge >= 0.3 is 0 Å². The highest BCUT2D eigenvalue weighted by Crippen LogP contribution is 2.38. The highest BCUT2D eigenvalue weighted by molar-refractivity contribution is 9.10. The van der Waals surface area contributed by atoms with E-state index >= 15 is 0 Å². The molecule has 3 nitrogen and oxygen atoms in total. The molecule has 1 aliphatic heterocycles. The van der Waals surface area contributed by atoms with Crippen molar-refractivity contribution in [3.05, 3.63) is 66.4 Å². The standard InChI is InChI=1S/C19H14Br2ClNO2S2/c1-2-23-18(24)16(27-19(23)26)9-12-7-14(21)17(15(22)8-12)25-10-11-3-5-13(20)6-4-11/h3-9H,2,10H2,1H3/b16-9-. The van der Waals surface area contributed by atoms with E-state index in [1.807, 2.05) is 37.3 Å². The summed E-state index contributed by atoms with van der Waals surface area (Å²) in [4.78, 5) is 14.5. The lowest BCUT2D eigenvalue weighted by Gasteiger charge is -2.12. The van der Waals surface area contributed by atoms with Crippen molar-refractivity contribution in [3.8, 4) is 5.75 Å². The van der Waals surface area contributed by atoms with Crippen LogP contribution in [0.15, 0.2) is 50.2 Å². The number of nitrogens with zero attached hydrogens (tertiary/aromatic N) is 1. The number of benzene rings is 2. The van der Waals surface area contributed by atoms with Gasteiger partial charge < -0.3 is 4.74 Å². The molecule has 8 heteroatoms. The van der Waals surface area contributed by atoms with Gasteiger partial charge in [-0.25, -0.2) is 0 Å². The quantitative estimate of drug-likeness (QED) is 0.309. The Bertz CT molecular complexity index is 909. The van der Waals surface area contributed by atoms with Gasteiger partial charge in [0, 0.05) is 11.0 Å². The molecule has 0 saturated carbocycles. The summed E-state index contributed by atoms with van der Waals surface area (Å²) in [6, 6.07) is 11.5. The van der Waals surface area contributed by atoms with E-state index in [-0.39, 0.29) is 5.91 Å². The molecular formula is C19H14Br2ClNO2S2. The molecule has 1 heterocycles. The Balaban J connectivity index is 1.79. The van der Waals surface area contributed by atoms with E-state index in [2.05, 4.69) is 31.9 Å². The summed E-state index contributed by atoms with van der Waals surface area (Å²) in [6.45, 7) is 2.87. The maximum absolute atomic E-state index is 12.3. The molecule has 0 radical (unpaired) electrons. The number of likely N-dealkylation sites (N-methyl/N-ethyl adjacent to an activating group) is 1. The lowest BCUT2D eigenvalue weighted by atomic mass is 10.2. The Morgan fingerprint density at radius 2 is 1.96 bits per heavy atom. The molecule has 0 spiro atoms. The number of carbonyl (C=O) groups is 1. The number of ether oxygens (including phenoxy) is 1. The van der Waals surface area contributed by atoms with Crippen LogP contribution in [0.2, 0.25) is 5.02 Å². The van der Waals surface area contributed by atoms with Crippen LogP contribution in [0.1, 0.15) is 18.1 Å². The maximum atomic E-state index is 12.3. The summed E-state index contributed by atoms with van der Waals surface area (Å²) in [5.41, 5.74) is 1.84. The van der Waals surface area contributed by atoms with Crippen LogP contribution in [0.3, 0.4) is 0 Å². The number of rotatable bonds is 5. The highest BCUT2D eigenvalue weighted by Gasteiger charge is 2.30.